The van der Waals surface area contributed by atoms with Gasteiger partial charge in [0, 0.05) is 19.6 Å². The van der Waals surface area contributed by atoms with Gasteiger partial charge in [0.05, 0.1) is 10.5 Å². The molecule has 0 atom stereocenters. The Kier molecular flexibility index (Phi) is 6.84. The number of esters is 1. The number of amides is 1. The van der Waals surface area contributed by atoms with Gasteiger partial charge in [0.25, 0.3) is 5.91 Å². The number of nitrogens with one attached hydrogen (secondary N) is 1. The highest BCUT2D eigenvalue weighted by Crippen LogP contribution is 2.21. The lowest BCUT2D eigenvalue weighted by Gasteiger charge is -2.15. The number of sulfonamides is 1. The fraction of sp³-hybridized carbons (Fsp3) is 0.333. The molecule has 0 spiro atoms. The van der Waals surface area contributed by atoms with Crippen LogP contribution in [0.1, 0.15) is 34.3 Å². The number of halogens is 1. The number of carbonyl (C=O) groups excluding carboxylic acids is 2. The van der Waals surface area contributed by atoms with Crippen molar-refractivity contribution in [3.8, 4) is 0 Å². The normalized spacial score (nSPS) is 14.5. The molecule has 160 valence electrons. The van der Waals surface area contributed by atoms with E-state index in [4.69, 9.17) is 4.74 Å². The van der Waals surface area contributed by atoms with Crippen LogP contribution in [0.25, 0.3) is 0 Å². The average Bonchev–Trinajstić information content (AvgIpc) is 3.29. The van der Waals surface area contributed by atoms with Gasteiger partial charge in [0.2, 0.25) is 10.0 Å². The average molecular weight is 434 g/mol. The first-order valence-electron chi connectivity index (χ1n) is 9.56. The summed E-state index contributed by atoms with van der Waals surface area (Å²) in [5.41, 5.74) is 1.25. The molecule has 1 amide bonds. The molecule has 2 aromatic rings. The molecule has 1 fully saturated rings. The maximum absolute atomic E-state index is 13.5. The molecule has 1 N–H and O–H groups in total. The number of aryl methyl sites for hydroxylation is 1. The molecule has 1 heterocycles. The highest BCUT2D eigenvalue weighted by molar-refractivity contribution is 7.89. The van der Waals surface area contributed by atoms with E-state index < -0.39 is 28.5 Å². The van der Waals surface area contributed by atoms with Crippen LogP contribution in [0.5, 0.6) is 0 Å². The molecule has 0 aromatic heterocycles. The Morgan fingerprint density at radius 1 is 1.10 bits per heavy atom. The van der Waals surface area contributed by atoms with Gasteiger partial charge in [-0.1, -0.05) is 12.1 Å². The minimum atomic E-state index is -3.56. The van der Waals surface area contributed by atoms with Crippen molar-refractivity contribution < 1.29 is 27.1 Å². The van der Waals surface area contributed by atoms with Crippen molar-refractivity contribution in [2.75, 3.05) is 19.7 Å². The lowest BCUT2D eigenvalue weighted by atomic mass is 10.1. The Morgan fingerprint density at radius 3 is 2.40 bits per heavy atom. The molecule has 1 aliphatic heterocycles. The summed E-state index contributed by atoms with van der Waals surface area (Å²) in [5, 5.41) is 2.55. The van der Waals surface area contributed by atoms with Crippen LogP contribution >= 0.6 is 0 Å². The zero-order chi connectivity index (χ0) is 21.7. The first kappa shape index (κ1) is 21.9. The van der Waals surface area contributed by atoms with Crippen LogP contribution in [0.2, 0.25) is 0 Å². The molecule has 0 bridgehead atoms. The zero-order valence-corrected chi connectivity index (χ0v) is 17.4. The summed E-state index contributed by atoms with van der Waals surface area (Å²) in [6, 6.07) is 10.1. The van der Waals surface area contributed by atoms with Crippen LogP contribution in [0.4, 0.5) is 4.39 Å². The third-order valence-electron chi connectivity index (χ3n) is 4.85. The summed E-state index contributed by atoms with van der Waals surface area (Å²) in [7, 11) is -3.56. The number of carbonyl (C=O) groups is 2. The van der Waals surface area contributed by atoms with Gasteiger partial charge in [-0.05, 0) is 61.2 Å². The van der Waals surface area contributed by atoms with Crippen LogP contribution in [-0.2, 0) is 26.1 Å². The van der Waals surface area contributed by atoms with E-state index in [0.717, 1.165) is 12.8 Å². The quantitative estimate of drug-likeness (QED) is 0.676. The smallest absolute Gasteiger partial charge is 0.338 e. The SMILES string of the molecule is Cc1ccc(CNC(=O)COC(=O)c2ccc(S(=O)(=O)N3CCCC3)cc2)cc1F. The van der Waals surface area contributed by atoms with Crippen LogP contribution in [0, 0.1) is 12.7 Å². The molecule has 0 aliphatic carbocycles. The number of hydrogen-bond donors (Lipinski definition) is 1. The second-order valence-corrected chi connectivity index (χ2v) is 9.01. The molecule has 0 radical (unpaired) electrons. The van der Waals surface area contributed by atoms with Gasteiger partial charge in [-0.15, -0.1) is 0 Å². The second-order valence-electron chi connectivity index (χ2n) is 7.07. The summed E-state index contributed by atoms with van der Waals surface area (Å²) in [6.07, 6.45) is 1.68. The van der Waals surface area contributed by atoms with E-state index in [1.54, 1.807) is 19.1 Å². The molecule has 0 saturated carbocycles. The molecule has 30 heavy (non-hydrogen) atoms. The molecule has 7 nitrogen and oxygen atoms in total. The zero-order valence-electron chi connectivity index (χ0n) is 16.6. The Morgan fingerprint density at radius 2 is 1.77 bits per heavy atom. The van der Waals surface area contributed by atoms with Gasteiger partial charge in [-0.2, -0.15) is 4.31 Å². The minimum absolute atomic E-state index is 0.108. The Hall–Kier alpha value is -2.78. The highest BCUT2D eigenvalue weighted by Gasteiger charge is 2.27. The van der Waals surface area contributed by atoms with Crippen molar-refractivity contribution in [3.63, 3.8) is 0 Å². The Bertz CT molecular complexity index is 1030. The van der Waals surface area contributed by atoms with E-state index in [9.17, 15) is 22.4 Å². The first-order chi connectivity index (χ1) is 14.3. The summed E-state index contributed by atoms with van der Waals surface area (Å²) >= 11 is 0. The van der Waals surface area contributed by atoms with E-state index in [1.807, 2.05) is 0 Å². The number of rotatable bonds is 7. The lowest BCUT2D eigenvalue weighted by Crippen LogP contribution is -2.28. The molecule has 9 heteroatoms. The molecule has 1 aliphatic rings. The lowest BCUT2D eigenvalue weighted by molar-refractivity contribution is -0.124. The molecule has 2 aromatic carbocycles. The van der Waals surface area contributed by atoms with Gasteiger partial charge in [0.15, 0.2) is 6.61 Å². The van der Waals surface area contributed by atoms with E-state index in [0.29, 0.717) is 24.2 Å². The topological polar surface area (TPSA) is 92.8 Å². The third kappa shape index (κ3) is 5.22. The summed E-state index contributed by atoms with van der Waals surface area (Å²) in [5.74, 6) is -1.63. The van der Waals surface area contributed by atoms with E-state index in [2.05, 4.69) is 5.32 Å². The van der Waals surface area contributed by atoms with Crippen LogP contribution in [-0.4, -0.2) is 44.3 Å². The number of hydrogen-bond acceptors (Lipinski definition) is 5. The highest BCUT2D eigenvalue weighted by atomic mass is 32.2. The monoisotopic (exact) mass is 434 g/mol. The maximum atomic E-state index is 13.5. The van der Waals surface area contributed by atoms with Crippen molar-refractivity contribution in [3.05, 3.63) is 65.0 Å². The van der Waals surface area contributed by atoms with E-state index in [-0.39, 0.29) is 22.8 Å². The summed E-state index contributed by atoms with van der Waals surface area (Å²) < 4.78 is 44.9. The first-order valence-corrected chi connectivity index (χ1v) is 11.0. The Labute approximate surface area is 174 Å². The number of ether oxygens (including phenoxy) is 1. The van der Waals surface area contributed by atoms with Crippen molar-refractivity contribution in [1.29, 1.82) is 0 Å². The van der Waals surface area contributed by atoms with Crippen LogP contribution in [0.3, 0.4) is 0 Å². The minimum Gasteiger partial charge on any atom is -0.452 e. The molecular weight excluding hydrogens is 411 g/mol. The van der Waals surface area contributed by atoms with E-state index >= 15 is 0 Å². The predicted molar refractivity (Wildman–Crippen MR) is 108 cm³/mol. The maximum Gasteiger partial charge on any atom is 0.338 e. The van der Waals surface area contributed by atoms with Crippen molar-refractivity contribution >= 4 is 21.9 Å². The largest absolute Gasteiger partial charge is 0.452 e. The predicted octanol–water partition coefficient (Wildman–Crippen LogP) is 2.39. The van der Waals surface area contributed by atoms with Gasteiger partial charge >= 0.3 is 5.97 Å². The van der Waals surface area contributed by atoms with Gasteiger partial charge in [-0.25, -0.2) is 17.6 Å². The van der Waals surface area contributed by atoms with E-state index in [1.165, 1.54) is 34.6 Å². The van der Waals surface area contributed by atoms with Crippen molar-refractivity contribution in [2.24, 2.45) is 0 Å². The summed E-state index contributed by atoms with van der Waals surface area (Å²) in [6.45, 7) is 2.25. The van der Waals surface area contributed by atoms with Crippen molar-refractivity contribution in [2.45, 2.75) is 31.2 Å². The van der Waals surface area contributed by atoms with Gasteiger partial charge < -0.3 is 10.1 Å². The Balaban J connectivity index is 1.50. The fourth-order valence-corrected chi connectivity index (χ4v) is 4.57. The standard InChI is InChI=1S/C21H23FN2O5S/c1-15-4-5-16(12-19(15)22)13-23-20(25)14-29-21(26)17-6-8-18(9-7-17)30(27,28)24-10-2-3-11-24/h4-9,12H,2-3,10-11,13-14H2,1H3,(H,23,25). The van der Waals surface area contributed by atoms with Crippen LogP contribution in [0.15, 0.2) is 47.4 Å². The summed E-state index contributed by atoms with van der Waals surface area (Å²) in [4.78, 5) is 24.1. The van der Waals surface area contributed by atoms with Crippen LogP contribution < -0.4 is 5.32 Å². The second kappa shape index (κ2) is 9.36. The molecular formula is C21H23FN2O5S. The van der Waals surface area contributed by atoms with Gasteiger partial charge in [-0.3, -0.25) is 4.79 Å². The number of nitrogens with zero attached hydrogens (tertiary/aromatic N) is 1. The van der Waals surface area contributed by atoms with Crippen molar-refractivity contribution in [1.82, 2.24) is 9.62 Å². The third-order valence-corrected chi connectivity index (χ3v) is 6.77. The molecule has 1 saturated heterocycles. The molecule has 3 rings (SSSR count). The fourth-order valence-electron chi connectivity index (χ4n) is 3.05. The van der Waals surface area contributed by atoms with Gasteiger partial charge in [0.1, 0.15) is 5.82 Å². The number of benzene rings is 2. The molecule has 0 unspecified atom stereocenters.